The maximum absolute atomic E-state index is 6.41. The summed E-state index contributed by atoms with van der Waals surface area (Å²) in [5.41, 5.74) is 3.88. The van der Waals surface area contributed by atoms with E-state index in [9.17, 15) is 0 Å². The Kier molecular flexibility index (Phi) is 5.22. The van der Waals surface area contributed by atoms with Crippen molar-refractivity contribution in [2.45, 2.75) is 19.0 Å². The van der Waals surface area contributed by atoms with Gasteiger partial charge in [0.05, 0.1) is 11.7 Å². The number of para-hydroxylation sites is 1. The van der Waals surface area contributed by atoms with Crippen molar-refractivity contribution in [3.05, 3.63) is 107 Å². The molecule has 0 radical (unpaired) electrons. The topological polar surface area (TPSA) is 41.3 Å². The number of nitrogens with zero attached hydrogens (tertiary/aromatic N) is 2. The van der Waals surface area contributed by atoms with E-state index in [1.165, 1.54) is 0 Å². The molecule has 1 N–H and O–H groups in total. The molecule has 2 atom stereocenters. The third kappa shape index (κ3) is 3.60. The Labute approximate surface area is 191 Å². The van der Waals surface area contributed by atoms with Gasteiger partial charge in [0.25, 0.3) is 0 Å². The second kappa shape index (κ2) is 8.17. The number of benzene rings is 2. The maximum Gasteiger partial charge on any atom is 0.174 e. The van der Waals surface area contributed by atoms with Crippen LogP contribution in [-0.2, 0) is 0 Å². The summed E-state index contributed by atoms with van der Waals surface area (Å²) in [4.78, 5) is 6.68. The molecule has 2 aromatic heterocycles. The second-order valence-electron chi connectivity index (χ2n) is 7.45. The predicted octanol–water partition coefficient (Wildman–Crippen LogP) is 6.48. The Hall–Kier alpha value is -3.15. The molecule has 4 aromatic rings. The summed E-state index contributed by atoms with van der Waals surface area (Å²) < 4.78 is 6.41. The van der Waals surface area contributed by atoms with Crippen LogP contribution < -0.4 is 10.2 Å². The van der Waals surface area contributed by atoms with E-state index in [-0.39, 0.29) is 12.1 Å². The quantitative estimate of drug-likeness (QED) is 0.364. The molecule has 1 aliphatic rings. The molecule has 1 saturated heterocycles. The van der Waals surface area contributed by atoms with Crippen molar-refractivity contribution in [1.82, 2.24) is 10.3 Å². The molecule has 0 bridgehead atoms. The molecule has 3 heterocycles. The van der Waals surface area contributed by atoms with Crippen LogP contribution in [0, 0.1) is 6.92 Å². The summed E-state index contributed by atoms with van der Waals surface area (Å²) in [6.45, 7) is 2.00. The summed E-state index contributed by atoms with van der Waals surface area (Å²) in [6.07, 6.45) is 1.80. The van der Waals surface area contributed by atoms with E-state index >= 15 is 0 Å². The van der Waals surface area contributed by atoms with Gasteiger partial charge in [-0.1, -0.05) is 48.0 Å². The fourth-order valence-corrected chi connectivity index (χ4v) is 4.56. The summed E-state index contributed by atoms with van der Waals surface area (Å²) in [6, 6.07) is 25.5. The first-order valence-corrected chi connectivity index (χ1v) is 10.8. The minimum Gasteiger partial charge on any atom is -0.459 e. The van der Waals surface area contributed by atoms with Crippen molar-refractivity contribution in [1.29, 1.82) is 0 Å². The number of furan rings is 1. The number of halogens is 1. The normalized spacial score (nSPS) is 18.3. The number of thiocarbonyl (C=S) groups is 1. The van der Waals surface area contributed by atoms with Crippen LogP contribution in [-0.4, -0.2) is 10.1 Å². The van der Waals surface area contributed by atoms with Crippen LogP contribution in [0.5, 0.6) is 0 Å². The highest BCUT2D eigenvalue weighted by Gasteiger charge is 2.42. The predicted molar refractivity (Wildman–Crippen MR) is 128 cm³/mol. The molecule has 0 aliphatic carbocycles. The van der Waals surface area contributed by atoms with E-state index in [1.54, 1.807) is 6.20 Å². The maximum atomic E-state index is 6.41. The van der Waals surface area contributed by atoms with Gasteiger partial charge in [-0.05, 0) is 67.2 Å². The Balaban J connectivity index is 1.61. The lowest BCUT2D eigenvalue weighted by molar-refractivity contribution is 0.439. The van der Waals surface area contributed by atoms with Gasteiger partial charge >= 0.3 is 0 Å². The van der Waals surface area contributed by atoms with Gasteiger partial charge < -0.3 is 14.6 Å². The molecule has 0 amide bonds. The highest BCUT2D eigenvalue weighted by atomic mass is 35.5. The lowest BCUT2D eigenvalue weighted by atomic mass is 10.0. The number of hydrogen-bond donors (Lipinski definition) is 1. The zero-order valence-electron chi connectivity index (χ0n) is 16.8. The minimum absolute atomic E-state index is 0.145. The van der Waals surface area contributed by atoms with Crippen LogP contribution in [0.4, 0.5) is 5.69 Å². The van der Waals surface area contributed by atoms with Gasteiger partial charge in [-0.25, -0.2) is 0 Å². The SMILES string of the molecule is Cc1c(Cl)cccc1-c1ccc([C@H]2[C@H](c3ccccn3)NC(=S)N2c2ccccc2)o1. The van der Waals surface area contributed by atoms with Gasteiger partial charge in [-0.2, -0.15) is 0 Å². The van der Waals surface area contributed by atoms with Gasteiger partial charge in [0.2, 0.25) is 0 Å². The second-order valence-corrected chi connectivity index (χ2v) is 8.24. The van der Waals surface area contributed by atoms with Crippen LogP contribution in [0.15, 0.2) is 89.5 Å². The van der Waals surface area contributed by atoms with Gasteiger partial charge in [-0.3, -0.25) is 4.98 Å². The minimum atomic E-state index is -0.182. The molecular formula is C25H20ClN3OS. The summed E-state index contributed by atoms with van der Waals surface area (Å²) >= 11 is 12.1. The largest absolute Gasteiger partial charge is 0.459 e. The molecule has 2 aromatic carbocycles. The molecule has 0 saturated carbocycles. The molecule has 6 heteroatoms. The van der Waals surface area contributed by atoms with E-state index in [0.29, 0.717) is 5.11 Å². The van der Waals surface area contributed by atoms with Gasteiger partial charge in [-0.15, -0.1) is 0 Å². The van der Waals surface area contributed by atoms with Crippen LogP contribution in [0.1, 0.15) is 29.1 Å². The van der Waals surface area contributed by atoms with Gasteiger partial charge in [0.1, 0.15) is 17.6 Å². The fraction of sp³-hybridized carbons (Fsp3) is 0.120. The molecule has 31 heavy (non-hydrogen) atoms. The monoisotopic (exact) mass is 445 g/mol. The Bertz CT molecular complexity index is 1230. The third-order valence-electron chi connectivity index (χ3n) is 5.58. The van der Waals surface area contributed by atoms with Crippen LogP contribution >= 0.6 is 23.8 Å². The first-order valence-electron chi connectivity index (χ1n) is 10.0. The number of aromatic nitrogens is 1. The number of nitrogens with one attached hydrogen (secondary N) is 1. The van der Waals surface area contributed by atoms with Crippen LogP contribution in [0.3, 0.4) is 0 Å². The molecular weight excluding hydrogens is 426 g/mol. The molecule has 5 rings (SSSR count). The van der Waals surface area contributed by atoms with E-state index in [2.05, 4.69) is 15.2 Å². The summed E-state index contributed by atoms with van der Waals surface area (Å²) in [7, 11) is 0. The Morgan fingerprint density at radius 1 is 0.968 bits per heavy atom. The van der Waals surface area contributed by atoms with Crippen LogP contribution in [0.2, 0.25) is 5.02 Å². The third-order valence-corrected chi connectivity index (χ3v) is 6.31. The summed E-state index contributed by atoms with van der Waals surface area (Å²) in [5, 5.41) is 4.81. The average Bonchev–Trinajstić information content (AvgIpc) is 3.41. The molecule has 1 fully saturated rings. The van der Waals surface area contributed by atoms with E-state index < -0.39 is 0 Å². The smallest absolute Gasteiger partial charge is 0.174 e. The van der Waals surface area contributed by atoms with Gasteiger partial charge in [0, 0.05) is 22.5 Å². The molecule has 0 unspecified atom stereocenters. The van der Waals surface area contributed by atoms with Crippen molar-refractivity contribution in [3.63, 3.8) is 0 Å². The standard InChI is InChI=1S/C25H20ClN3OS/c1-16-18(10-7-11-19(16)26)21-13-14-22(30-21)24-23(20-12-5-6-15-27-20)28-25(31)29(24)17-8-3-2-4-9-17/h2-15,23-24H,1H3,(H,28,31)/t23-,24-/m0/s1. The first kappa shape index (κ1) is 19.8. The first-order chi connectivity index (χ1) is 15.1. The van der Waals surface area contributed by atoms with Crippen molar-refractivity contribution < 1.29 is 4.42 Å². The Morgan fingerprint density at radius 3 is 2.55 bits per heavy atom. The zero-order valence-corrected chi connectivity index (χ0v) is 18.4. The van der Waals surface area contributed by atoms with E-state index in [4.69, 9.17) is 28.2 Å². The number of anilines is 1. The number of rotatable bonds is 4. The molecule has 154 valence electrons. The highest BCUT2D eigenvalue weighted by Crippen LogP contribution is 2.43. The fourth-order valence-electron chi connectivity index (χ4n) is 4.04. The molecule has 1 aliphatic heterocycles. The highest BCUT2D eigenvalue weighted by molar-refractivity contribution is 7.80. The Morgan fingerprint density at radius 2 is 1.77 bits per heavy atom. The van der Waals surface area contributed by atoms with Crippen molar-refractivity contribution >= 4 is 34.6 Å². The molecule has 4 nitrogen and oxygen atoms in total. The zero-order chi connectivity index (χ0) is 21.4. The van der Waals surface area contributed by atoms with E-state index in [1.807, 2.05) is 85.8 Å². The lowest BCUT2D eigenvalue weighted by Crippen LogP contribution is -2.29. The van der Waals surface area contributed by atoms with E-state index in [0.717, 1.165) is 39.1 Å². The average molecular weight is 446 g/mol. The lowest BCUT2D eigenvalue weighted by Gasteiger charge is -2.26. The summed E-state index contributed by atoms with van der Waals surface area (Å²) in [5.74, 6) is 1.59. The van der Waals surface area contributed by atoms with Crippen molar-refractivity contribution in [3.8, 4) is 11.3 Å². The number of hydrogen-bond acceptors (Lipinski definition) is 3. The van der Waals surface area contributed by atoms with Gasteiger partial charge in [0.15, 0.2) is 5.11 Å². The van der Waals surface area contributed by atoms with Crippen molar-refractivity contribution in [2.24, 2.45) is 0 Å². The van der Waals surface area contributed by atoms with Crippen LogP contribution in [0.25, 0.3) is 11.3 Å². The van der Waals surface area contributed by atoms with Crippen molar-refractivity contribution in [2.75, 3.05) is 4.90 Å². The molecule has 0 spiro atoms. The number of pyridine rings is 1.